The van der Waals surface area contributed by atoms with E-state index in [0.717, 1.165) is 0 Å². The number of aromatic nitrogens is 4. The number of imidazole rings is 1. The van der Waals surface area contributed by atoms with Gasteiger partial charge in [-0.2, -0.15) is 0 Å². The lowest BCUT2D eigenvalue weighted by Crippen LogP contribution is -2.55. The molecule has 0 saturated carbocycles. The number of hydrogen-bond acceptors (Lipinski definition) is 9. The molecule has 2 amide bonds. The number of anilines is 1. The summed E-state index contributed by atoms with van der Waals surface area (Å²) < 4.78 is 22.9. The molecule has 1 aromatic carbocycles. The van der Waals surface area contributed by atoms with Crippen molar-refractivity contribution in [3.05, 3.63) is 48.0 Å². The van der Waals surface area contributed by atoms with E-state index in [4.69, 9.17) is 19.3 Å². The van der Waals surface area contributed by atoms with Crippen LogP contribution in [0, 0.1) is 0 Å². The van der Waals surface area contributed by atoms with Crippen molar-refractivity contribution in [2.45, 2.75) is 102 Å². The molecule has 2 aliphatic heterocycles. The highest BCUT2D eigenvalue weighted by atomic mass is 28.4. The molecule has 5 rings (SSSR count). The van der Waals surface area contributed by atoms with Crippen LogP contribution in [0.1, 0.15) is 68.5 Å². The maximum atomic E-state index is 13.5. The van der Waals surface area contributed by atoms with Crippen LogP contribution in [0.2, 0.25) is 36.3 Å². The second-order valence-corrected chi connectivity index (χ2v) is 24.1. The minimum atomic E-state index is -2.41. The molecule has 0 bridgehead atoms. The average molecular weight is 625 g/mol. The first-order valence-electron chi connectivity index (χ1n) is 14.7. The minimum absolute atomic E-state index is 0.0171. The predicted octanol–water partition coefficient (Wildman–Crippen LogP) is 5.38. The summed E-state index contributed by atoms with van der Waals surface area (Å²) in [5, 5.41) is -0.223. The van der Waals surface area contributed by atoms with Crippen molar-refractivity contribution in [3.8, 4) is 0 Å². The molecule has 4 heterocycles. The quantitative estimate of drug-likeness (QED) is 0.271. The van der Waals surface area contributed by atoms with Crippen LogP contribution in [0.5, 0.6) is 0 Å². The number of nitrogens with two attached hydrogens (primary N) is 1. The molecule has 0 aliphatic carbocycles. The van der Waals surface area contributed by atoms with E-state index in [1.165, 1.54) is 11.2 Å². The lowest BCUT2D eigenvalue weighted by molar-refractivity contribution is -0.0375. The molecule has 1 fully saturated rings. The third-order valence-corrected chi connectivity index (χ3v) is 18.6. The second kappa shape index (κ2) is 10.6. The highest BCUT2D eigenvalue weighted by Crippen LogP contribution is 2.46. The number of carbonyl (C=O) groups is 2. The van der Waals surface area contributed by atoms with Gasteiger partial charge in [-0.1, -0.05) is 53.7 Å². The molecule has 1 unspecified atom stereocenters. The molecular weight excluding hydrogens is 581 g/mol. The Balaban J connectivity index is 1.62. The summed E-state index contributed by atoms with van der Waals surface area (Å²) in [7, 11) is -4.81. The summed E-state index contributed by atoms with van der Waals surface area (Å²) >= 11 is 0. The number of amides is 2. The van der Waals surface area contributed by atoms with Crippen LogP contribution in [0.4, 0.5) is 5.82 Å². The number of carbonyl (C=O) groups excluding carboxylic acids is 2. The molecule has 0 radical (unpaired) electrons. The number of nitrogen functional groups attached to an aromatic ring is 1. The lowest BCUT2D eigenvalue weighted by atomic mass is 10.1. The van der Waals surface area contributed by atoms with Crippen LogP contribution in [-0.4, -0.2) is 77.7 Å². The van der Waals surface area contributed by atoms with E-state index < -0.39 is 41.2 Å². The zero-order valence-electron chi connectivity index (χ0n) is 26.8. The Morgan fingerprint density at radius 3 is 1.93 bits per heavy atom. The Morgan fingerprint density at radius 2 is 1.40 bits per heavy atom. The van der Waals surface area contributed by atoms with Gasteiger partial charge in [0.1, 0.15) is 30.2 Å². The average Bonchev–Trinajstić information content (AvgIpc) is 3.53. The first-order chi connectivity index (χ1) is 19.8. The van der Waals surface area contributed by atoms with Crippen LogP contribution in [0.25, 0.3) is 11.2 Å². The fourth-order valence-electron chi connectivity index (χ4n) is 5.02. The molecule has 11 nitrogen and oxygen atoms in total. The summed E-state index contributed by atoms with van der Waals surface area (Å²) in [6.45, 7) is 21.9. The third-order valence-electron chi connectivity index (χ3n) is 9.66. The van der Waals surface area contributed by atoms with Crippen LogP contribution in [0.15, 0.2) is 36.9 Å². The van der Waals surface area contributed by atoms with Gasteiger partial charge >= 0.3 is 0 Å². The molecule has 43 heavy (non-hydrogen) atoms. The summed E-state index contributed by atoms with van der Waals surface area (Å²) in [5.74, 6) is -0.413. The summed E-state index contributed by atoms with van der Waals surface area (Å²) in [4.78, 5) is 41.3. The first-order valence-corrected chi connectivity index (χ1v) is 20.5. The molecule has 1 saturated heterocycles. The van der Waals surface area contributed by atoms with Gasteiger partial charge in [-0.25, -0.2) is 15.0 Å². The highest BCUT2D eigenvalue weighted by Gasteiger charge is 2.55. The molecule has 2 N–H and O–H groups in total. The number of imide groups is 1. The van der Waals surface area contributed by atoms with E-state index in [2.05, 4.69) is 82.7 Å². The van der Waals surface area contributed by atoms with Gasteiger partial charge in [0.05, 0.1) is 24.0 Å². The first kappa shape index (κ1) is 31.4. The van der Waals surface area contributed by atoms with Crippen LogP contribution in [0.3, 0.4) is 0 Å². The largest absolute Gasteiger partial charge is 0.408 e. The molecule has 3 aromatic rings. The number of nitrogens with zero attached hydrogens (tertiary/aromatic N) is 5. The number of benzene rings is 1. The number of ether oxygens (including phenoxy) is 1. The Kier molecular flexibility index (Phi) is 7.74. The Labute approximate surface area is 255 Å². The monoisotopic (exact) mass is 624 g/mol. The topological polar surface area (TPSA) is 135 Å². The number of fused-ring (bicyclic) bond motifs is 2. The van der Waals surface area contributed by atoms with Gasteiger partial charge in [0.25, 0.3) is 11.8 Å². The fraction of sp³-hybridized carbons (Fsp3) is 0.567. The van der Waals surface area contributed by atoms with Gasteiger partial charge in [-0.05, 0) is 48.4 Å². The van der Waals surface area contributed by atoms with Gasteiger partial charge in [0, 0.05) is 0 Å². The van der Waals surface area contributed by atoms with Crippen molar-refractivity contribution in [3.63, 3.8) is 0 Å². The van der Waals surface area contributed by atoms with Crippen LogP contribution >= 0.6 is 0 Å². The summed E-state index contributed by atoms with van der Waals surface area (Å²) in [6.07, 6.45) is 0.491. The molecule has 232 valence electrons. The highest BCUT2D eigenvalue weighted by molar-refractivity contribution is 6.74. The standard InChI is InChI=1S/C30H44N6O5Si2/c1-29(2,3)42(7,8)40-22-20(15-35-26(37)18-13-11-12-14-19(18)27(35)38)39-28(23(22)41-43(9,10)30(4,5)6)36-17-34-21-24(31)32-16-33-25(21)36/h11-14,16-17,20,22-23,28H,15H2,1-10H3,(H2,31,32,33)/t20-,22+,23?,28-/m1/s1. The summed E-state index contributed by atoms with van der Waals surface area (Å²) in [6, 6.07) is 6.89. The third kappa shape index (κ3) is 5.46. The van der Waals surface area contributed by atoms with E-state index >= 15 is 0 Å². The van der Waals surface area contributed by atoms with Crippen LogP contribution < -0.4 is 5.73 Å². The zero-order valence-corrected chi connectivity index (χ0v) is 28.8. The minimum Gasteiger partial charge on any atom is -0.408 e. The predicted molar refractivity (Wildman–Crippen MR) is 170 cm³/mol. The Morgan fingerprint density at radius 1 is 0.860 bits per heavy atom. The van der Waals surface area contributed by atoms with Crippen molar-refractivity contribution >= 4 is 45.4 Å². The normalized spacial score (nSPS) is 23.4. The molecular formula is C30H44N6O5Si2. The van der Waals surface area contributed by atoms with Crippen molar-refractivity contribution in [2.75, 3.05) is 12.3 Å². The van der Waals surface area contributed by atoms with Gasteiger partial charge in [-0.15, -0.1) is 0 Å². The zero-order chi connectivity index (χ0) is 31.7. The van der Waals surface area contributed by atoms with Crippen molar-refractivity contribution in [1.29, 1.82) is 0 Å². The molecule has 2 aromatic heterocycles. The second-order valence-electron chi connectivity index (χ2n) is 14.6. The number of rotatable bonds is 7. The Bertz CT molecular complexity index is 1530. The van der Waals surface area contributed by atoms with E-state index in [-0.39, 0.29) is 34.3 Å². The molecule has 4 atom stereocenters. The van der Waals surface area contributed by atoms with Crippen molar-refractivity contribution in [2.24, 2.45) is 0 Å². The van der Waals surface area contributed by atoms with Gasteiger partial charge < -0.3 is 19.3 Å². The van der Waals surface area contributed by atoms with Gasteiger partial charge in [0.15, 0.2) is 34.3 Å². The van der Waals surface area contributed by atoms with E-state index in [1.54, 1.807) is 30.6 Å². The van der Waals surface area contributed by atoms with Gasteiger partial charge in [0.2, 0.25) is 0 Å². The van der Waals surface area contributed by atoms with E-state index in [1.807, 2.05) is 4.57 Å². The van der Waals surface area contributed by atoms with Crippen molar-refractivity contribution in [1.82, 2.24) is 24.4 Å². The molecule has 2 aliphatic rings. The van der Waals surface area contributed by atoms with E-state index in [0.29, 0.717) is 22.3 Å². The smallest absolute Gasteiger partial charge is 0.261 e. The Hall–Kier alpha value is -2.98. The maximum Gasteiger partial charge on any atom is 0.261 e. The summed E-state index contributed by atoms with van der Waals surface area (Å²) in [5.41, 5.74) is 7.89. The van der Waals surface area contributed by atoms with E-state index in [9.17, 15) is 9.59 Å². The lowest BCUT2D eigenvalue weighted by Gasteiger charge is -2.44. The fourth-order valence-corrected chi connectivity index (χ4v) is 7.63. The number of hydrogen-bond donors (Lipinski definition) is 1. The van der Waals surface area contributed by atoms with Gasteiger partial charge in [-0.3, -0.25) is 19.1 Å². The van der Waals surface area contributed by atoms with Crippen molar-refractivity contribution < 1.29 is 23.2 Å². The molecule has 13 heteroatoms. The molecule has 0 spiro atoms. The van der Waals surface area contributed by atoms with Crippen LogP contribution in [-0.2, 0) is 13.6 Å². The maximum absolute atomic E-state index is 13.5. The SMILES string of the molecule is CC(C)(C)[Si](C)(C)OC1[C@@H](O[Si](C)(C)C(C)(C)C)[C@@H](CN2C(=O)c3ccccc3C2=O)O[C@H]1n1cnc2c(N)ncnc21.